The van der Waals surface area contributed by atoms with Crippen molar-refractivity contribution in [2.24, 2.45) is 0 Å². The minimum atomic E-state index is -0.327. The first-order valence-electron chi connectivity index (χ1n) is 31.4. The molecule has 11 rings (SSSR count). The van der Waals surface area contributed by atoms with Crippen molar-refractivity contribution in [3.05, 3.63) is 267 Å². The summed E-state index contributed by atoms with van der Waals surface area (Å²) < 4.78 is 0. The van der Waals surface area contributed by atoms with Gasteiger partial charge < -0.3 is 9.80 Å². The average Bonchev–Trinajstić information content (AvgIpc) is 0.728. The van der Waals surface area contributed by atoms with E-state index >= 15 is 0 Å². The quantitative estimate of drug-likeness (QED) is 0.126. The van der Waals surface area contributed by atoms with Gasteiger partial charge in [0.25, 0.3) is 6.71 Å². The molecule has 9 aromatic rings. The summed E-state index contributed by atoms with van der Waals surface area (Å²) in [7, 11) is 0. The van der Waals surface area contributed by atoms with E-state index in [9.17, 15) is 0 Å². The number of hydrogen-bond donors (Lipinski definition) is 0. The fourth-order valence-electron chi connectivity index (χ4n) is 14.6. The fourth-order valence-corrected chi connectivity index (χ4v) is 14.6. The first kappa shape index (κ1) is 59.4. The molecule has 0 saturated carbocycles. The van der Waals surface area contributed by atoms with E-state index in [0.717, 1.165) is 0 Å². The second-order valence-electron chi connectivity index (χ2n) is 31.2. The Morgan fingerprint density at radius 3 is 0.776 bits per heavy atom. The van der Waals surface area contributed by atoms with E-state index in [1.165, 1.54) is 117 Å². The smallest absolute Gasteiger partial charge is 0.252 e. The van der Waals surface area contributed by atoms with E-state index in [2.05, 4.69) is 348 Å². The maximum atomic E-state index is 2.67. The lowest BCUT2D eigenvalue weighted by atomic mass is 9.33. The first-order chi connectivity index (χ1) is 39.7. The third kappa shape index (κ3) is 10.2. The Morgan fingerprint density at radius 2 is 0.506 bits per heavy atom. The Morgan fingerprint density at radius 1 is 0.235 bits per heavy atom. The van der Waals surface area contributed by atoms with Gasteiger partial charge in [0.2, 0.25) is 0 Å². The second-order valence-corrected chi connectivity index (χ2v) is 31.2. The normalized spacial score (nSPS) is 14.0. The molecule has 0 spiro atoms. The van der Waals surface area contributed by atoms with Crippen molar-refractivity contribution >= 4 is 57.2 Å². The molecule has 0 saturated heterocycles. The van der Waals surface area contributed by atoms with Gasteiger partial charge >= 0.3 is 0 Å². The lowest BCUT2D eigenvalue weighted by molar-refractivity contribution is 0.549. The predicted octanol–water partition coefficient (Wildman–Crippen LogP) is 20.3. The maximum absolute atomic E-state index is 2.67. The summed E-state index contributed by atoms with van der Waals surface area (Å²) in [4.78, 5) is 5.35. The summed E-state index contributed by atoms with van der Waals surface area (Å²) in [6.45, 7) is 48.1. The Kier molecular flexibility index (Phi) is 14.4. The van der Waals surface area contributed by atoms with E-state index in [4.69, 9.17) is 0 Å². The van der Waals surface area contributed by atoms with Crippen molar-refractivity contribution in [2.45, 2.75) is 182 Å². The first-order valence-corrected chi connectivity index (χ1v) is 31.4. The van der Waals surface area contributed by atoms with Gasteiger partial charge in [0, 0.05) is 55.8 Å². The van der Waals surface area contributed by atoms with E-state index in [0.29, 0.717) is 0 Å². The number of anilines is 6. The van der Waals surface area contributed by atoms with E-state index in [1.807, 2.05) is 0 Å². The van der Waals surface area contributed by atoms with Crippen LogP contribution in [-0.4, -0.2) is 6.71 Å². The topological polar surface area (TPSA) is 6.48 Å². The molecule has 3 heteroatoms. The molecule has 85 heavy (non-hydrogen) atoms. The van der Waals surface area contributed by atoms with Crippen molar-refractivity contribution in [3.8, 4) is 0 Å². The van der Waals surface area contributed by atoms with Gasteiger partial charge in [0.1, 0.15) is 0 Å². The third-order valence-electron chi connectivity index (χ3n) is 19.7. The van der Waals surface area contributed by atoms with Gasteiger partial charge in [0.15, 0.2) is 0 Å². The molecule has 0 aromatic heterocycles. The summed E-state index contributed by atoms with van der Waals surface area (Å²) in [5.74, 6) is 0. The van der Waals surface area contributed by atoms with Crippen LogP contribution in [0.5, 0.6) is 0 Å². The summed E-state index contributed by atoms with van der Waals surface area (Å²) in [5.41, 5.74) is 25.5. The molecule has 0 fully saturated rings. The van der Waals surface area contributed by atoms with Crippen LogP contribution in [0.1, 0.15) is 205 Å². The highest BCUT2D eigenvalue weighted by Crippen LogP contribution is 2.52. The Bertz CT molecular complexity index is 3710. The number of benzene rings is 9. The maximum Gasteiger partial charge on any atom is 0.252 e. The largest absolute Gasteiger partial charge is 0.311 e. The molecule has 0 atom stereocenters. The predicted molar refractivity (Wildman–Crippen MR) is 370 cm³/mol. The lowest BCUT2D eigenvalue weighted by Crippen LogP contribution is -2.62. The minimum Gasteiger partial charge on any atom is -0.311 e. The molecule has 0 bridgehead atoms. The average molecular weight is 1120 g/mol. The molecule has 9 aromatic carbocycles. The SMILES string of the molecule is CC(C)(C)c1ccc(N2c3cc(C(C)(C)c4ccccc4)c(C(C)(C)C)cc3B3c4cc(C(C)(C)C)c(C(C)(C)c5ccccc5)cc4N(c4ccc(C(C)(C)C)c(C(C)(C)c5ccccc5)c4)c4cccc2c43)cc1C(C)(C)c1ccccc1. The van der Waals surface area contributed by atoms with E-state index in [1.54, 1.807) is 0 Å². The zero-order chi connectivity index (χ0) is 61.2. The second kappa shape index (κ2) is 20.7. The van der Waals surface area contributed by atoms with Crippen LogP contribution in [0.25, 0.3) is 0 Å². The highest BCUT2D eigenvalue weighted by Gasteiger charge is 2.47. The van der Waals surface area contributed by atoms with Crippen molar-refractivity contribution < 1.29 is 0 Å². The summed E-state index contributed by atoms with van der Waals surface area (Å²) in [6, 6.07) is 77.4. The molecule has 2 aliphatic rings. The van der Waals surface area contributed by atoms with Crippen LogP contribution in [0.4, 0.5) is 34.1 Å². The molecule has 0 N–H and O–H groups in total. The minimum absolute atomic E-state index is 0.100. The Balaban J connectivity index is 1.30. The van der Waals surface area contributed by atoms with Crippen LogP contribution in [-0.2, 0) is 43.3 Å². The fraction of sp³-hybridized carbons (Fsp3) is 0.341. The summed E-state index contributed by atoms with van der Waals surface area (Å²) in [6.07, 6.45) is 0. The van der Waals surface area contributed by atoms with Crippen molar-refractivity contribution in [1.29, 1.82) is 0 Å². The van der Waals surface area contributed by atoms with Crippen LogP contribution in [0, 0.1) is 0 Å². The monoisotopic (exact) mass is 1120 g/mol. The van der Waals surface area contributed by atoms with E-state index in [-0.39, 0.29) is 50.0 Å². The number of fused-ring (bicyclic) bond motifs is 4. The van der Waals surface area contributed by atoms with E-state index < -0.39 is 0 Å². The van der Waals surface area contributed by atoms with Crippen LogP contribution >= 0.6 is 0 Å². The molecule has 2 aliphatic heterocycles. The molecule has 0 radical (unpaired) electrons. The zero-order valence-electron chi connectivity index (χ0n) is 55.0. The van der Waals surface area contributed by atoms with Gasteiger partial charge in [-0.2, -0.15) is 0 Å². The van der Waals surface area contributed by atoms with Gasteiger partial charge in [-0.3, -0.25) is 0 Å². The van der Waals surface area contributed by atoms with Gasteiger partial charge in [-0.1, -0.05) is 290 Å². The highest BCUT2D eigenvalue weighted by molar-refractivity contribution is 7.00. The molecule has 0 aliphatic carbocycles. The van der Waals surface area contributed by atoms with Crippen LogP contribution in [0.15, 0.2) is 200 Å². The molecule has 2 nitrogen and oxygen atoms in total. The van der Waals surface area contributed by atoms with Crippen molar-refractivity contribution in [2.75, 3.05) is 9.80 Å². The van der Waals surface area contributed by atoms with Crippen molar-refractivity contribution in [1.82, 2.24) is 0 Å². The molecule has 0 unspecified atom stereocenters. The third-order valence-corrected chi connectivity index (χ3v) is 19.7. The van der Waals surface area contributed by atoms with Crippen molar-refractivity contribution in [3.63, 3.8) is 0 Å². The lowest BCUT2D eigenvalue weighted by Gasteiger charge is -2.47. The van der Waals surface area contributed by atoms with Crippen LogP contribution in [0.3, 0.4) is 0 Å². The molecular weight excluding hydrogens is 1020 g/mol. The van der Waals surface area contributed by atoms with Gasteiger partial charge in [-0.15, -0.1) is 0 Å². The standard InChI is InChI=1S/C82H93BN2/c1-75(2,3)60-46-44-58(48-64(60)79(13,14)54-34-25-21-26-35-54)84-70-42-33-43-71-74(70)83(68-50-62(77(7,8)9)66(52-72(68)84)81(17,18)56-38-29-23-30-39-56)69-51-63(78(10,11)12)67(82(19,20)57-40-31-24-32-41-57)53-73(69)85(71)59-45-47-61(76(4,5)6)65(49-59)80(15,16)55-36-27-22-28-37-55/h21-53H,1-20H3. The van der Waals surface area contributed by atoms with Gasteiger partial charge in [0.05, 0.1) is 0 Å². The molecular formula is C82H93BN2. The molecule has 434 valence electrons. The summed E-state index contributed by atoms with van der Waals surface area (Å²) in [5, 5.41) is 0. The zero-order valence-corrected chi connectivity index (χ0v) is 55.0. The highest BCUT2D eigenvalue weighted by atomic mass is 15.2. The summed E-state index contributed by atoms with van der Waals surface area (Å²) >= 11 is 0. The Hall–Kier alpha value is -7.36. The van der Waals surface area contributed by atoms with Gasteiger partial charge in [-0.05, 0) is 153 Å². The number of hydrogen-bond acceptors (Lipinski definition) is 2. The number of nitrogens with zero attached hydrogens (tertiary/aromatic N) is 2. The van der Waals surface area contributed by atoms with Crippen LogP contribution < -0.4 is 26.2 Å². The molecule has 0 amide bonds. The van der Waals surface area contributed by atoms with Crippen LogP contribution in [0.2, 0.25) is 0 Å². The Labute approximate surface area is 512 Å². The molecule has 2 heterocycles. The van der Waals surface area contributed by atoms with Gasteiger partial charge in [-0.25, -0.2) is 0 Å². The number of rotatable bonds is 10.